The number of hydrogen-bond donors (Lipinski definition) is 1. The number of pyridine rings is 1. The third-order valence-electron chi connectivity index (χ3n) is 4.74. The Morgan fingerprint density at radius 3 is 2.62 bits per heavy atom. The van der Waals surface area contributed by atoms with Crippen LogP contribution in [0.3, 0.4) is 0 Å². The molecule has 0 unspecified atom stereocenters. The molecule has 0 spiro atoms. The maximum atomic E-state index is 13.2. The number of rotatable bonds is 7. The summed E-state index contributed by atoms with van der Waals surface area (Å²) in [7, 11) is 0. The molecule has 3 aromatic rings. The molecule has 2 aromatic heterocycles. The Kier molecular flexibility index (Phi) is 5.16. The van der Waals surface area contributed by atoms with E-state index < -0.39 is 5.97 Å². The van der Waals surface area contributed by atoms with Crippen LogP contribution < -0.4 is 0 Å². The summed E-state index contributed by atoms with van der Waals surface area (Å²) >= 11 is 0. The number of carboxylic acids is 1. The van der Waals surface area contributed by atoms with Gasteiger partial charge in [0.15, 0.2) is 5.78 Å². The zero-order valence-electron chi connectivity index (χ0n) is 15.0. The average Bonchev–Trinajstić information content (AvgIpc) is 2.93. The van der Waals surface area contributed by atoms with E-state index in [2.05, 4.69) is 16.5 Å². The zero-order chi connectivity index (χ0) is 18.7. The van der Waals surface area contributed by atoms with Crippen molar-refractivity contribution in [3.8, 4) is 0 Å². The highest BCUT2D eigenvalue weighted by Gasteiger charge is 2.24. The van der Waals surface area contributed by atoms with Crippen LogP contribution >= 0.6 is 0 Å². The van der Waals surface area contributed by atoms with Crippen LogP contribution in [0.4, 0.5) is 0 Å². The minimum atomic E-state index is -1.12. The largest absolute Gasteiger partial charge is 0.478 e. The number of carbonyl (C=O) groups is 2. The number of unbranched alkanes of at least 4 members (excludes halogenated alkanes) is 2. The maximum Gasteiger partial charge on any atom is 0.336 e. The number of aromatic carboxylic acids is 1. The molecule has 0 atom stereocenters. The lowest BCUT2D eigenvalue weighted by molar-refractivity contribution is 0.0692. The summed E-state index contributed by atoms with van der Waals surface area (Å²) in [6, 6.07) is 9.15. The third-order valence-corrected chi connectivity index (χ3v) is 4.74. The number of ketones is 1. The molecule has 0 amide bonds. The monoisotopic (exact) mass is 350 g/mol. The van der Waals surface area contributed by atoms with Gasteiger partial charge < -0.3 is 9.67 Å². The topological polar surface area (TPSA) is 72.2 Å². The lowest BCUT2D eigenvalue weighted by atomic mass is 9.98. The molecule has 3 rings (SSSR count). The van der Waals surface area contributed by atoms with E-state index >= 15 is 0 Å². The molecule has 0 aliphatic rings. The van der Waals surface area contributed by atoms with Gasteiger partial charge in [-0.25, -0.2) is 4.79 Å². The van der Waals surface area contributed by atoms with Crippen LogP contribution in [-0.2, 0) is 6.54 Å². The first kappa shape index (κ1) is 17.9. The molecular weight excluding hydrogens is 328 g/mol. The van der Waals surface area contributed by atoms with Crippen molar-refractivity contribution in [2.45, 2.75) is 39.7 Å². The molecule has 0 fully saturated rings. The molecule has 134 valence electrons. The summed E-state index contributed by atoms with van der Waals surface area (Å²) in [6.07, 6.45) is 6.02. The first-order valence-electron chi connectivity index (χ1n) is 8.86. The van der Waals surface area contributed by atoms with Crippen molar-refractivity contribution in [2.24, 2.45) is 0 Å². The fourth-order valence-electron chi connectivity index (χ4n) is 3.42. The zero-order valence-corrected chi connectivity index (χ0v) is 15.0. The van der Waals surface area contributed by atoms with E-state index in [4.69, 9.17) is 0 Å². The van der Waals surface area contributed by atoms with E-state index in [1.54, 1.807) is 0 Å². The SMILES string of the molecule is CCCCCn1c(C)c(C(=O)c2cnccc2C(=O)O)c2ccccc21. The second-order valence-corrected chi connectivity index (χ2v) is 6.39. The van der Waals surface area contributed by atoms with Crippen molar-refractivity contribution in [1.82, 2.24) is 9.55 Å². The lowest BCUT2D eigenvalue weighted by Gasteiger charge is -2.09. The summed E-state index contributed by atoms with van der Waals surface area (Å²) in [5.74, 6) is -1.42. The summed E-state index contributed by atoms with van der Waals surface area (Å²) in [4.78, 5) is 28.7. The Labute approximate surface area is 152 Å². The molecule has 0 aliphatic heterocycles. The number of nitrogens with zero attached hydrogens (tertiary/aromatic N) is 2. The molecule has 0 saturated carbocycles. The number of para-hydroxylation sites is 1. The van der Waals surface area contributed by atoms with Crippen LogP contribution in [0.15, 0.2) is 42.7 Å². The molecule has 0 radical (unpaired) electrons. The van der Waals surface area contributed by atoms with Gasteiger partial charge in [-0.3, -0.25) is 9.78 Å². The number of aromatic nitrogens is 2. The van der Waals surface area contributed by atoms with Gasteiger partial charge in [0, 0.05) is 35.5 Å². The maximum absolute atomic E-state index is 13.2. The van der Waals surface area contributed by atoms with E-state index in [0.29, 0.717) is 5.56 Å². The molecule has 26 heavy (non-hydrogen) atoms. The lowest BCUT2D eigenvalue weighted by Crippen LogP contribution is -2.11. The van der Waals surface area contributed by atoms with Crippen molar-refractivity contribution in [1.29, 1.82) is 0 Å². The quantitative estimate of drug-likeness (QED) is 0.504. The average molecular weight is 350 g/mol. The van der Waals surface area contributed by atoms with Crippen molar-refractivity contribution in [3.05, 3.63) is 65.1 Å². The Morgan fingerprint density at radius 1 is 1.12 bits per heavy atom. The van der Waals surface area contributed by atoms with Gasteiger partial charge in [0.2, 0.25) is 0 Å². The predicted octanol–water partition coefficient (Wildman–Crippen LogP) is 4.46. The standard InChI is InChI=1S/C21H22N2O3/c1-3-4-7-12-23-14(2)19(16-8-5-6-9-18(16)23)20(24)17-13-22-11-10-15(17)21(25)26/h5-6,8-11,13H,3-4,7,12H2,1-2H3,(H,25,26). The van der Waals surface area contributed by atoms with Crippen molar-refractivity contribution in [3.63, 3.8) is 0 Å². The highest BCUT2D eigenvalue weighted by molar-refractivity contribution is 6.20. The van der Waals surface area contributed by atoms with E-state index in [1.165, 1.54) is 18.5 Å². The van der Waals surface area contributed by atoms with Gasteiger partial charge in [-0.2, -0.15) is 0 Å². The number of aryl methyl sites for hydroxylation is 1. The first-order valence-corrected chi connectivity index (χ1v) is 8.86. The van der Waals surface area contributed by atoms with Gasteiger partial charge in [0.1, 0.15) is 0 Å². The van der Waals surface area contributed by atoms with Gasteiger partial charge in [0.05, 0.1) is 16.7 Å². The summed E-state index contributed by atoms with van der Waals surface area (Å²) < 4.78 is 2.16. The minimum absolute atomic E-state index is 0.0211. The second kappa shape index (κ2) is 7.52. The number of carboxylic acid groups (broad SMARTS) is 1. The van der Waals surface area contributed by atoms with Crippen LogP contribution in [0.2, 0.25) is 0 Å². The predicted molar refractivity (Wildman–Crippen MR) is 101 cm³/mol. The highest BCUT2D eigenvalue weighted by atomic mass is 16.4. The van der Waals surface area contributed by atoms with E-state index in [1.807, 2.05) is 31.2 Å². The third kappa shape index (κ3) is 3.12. The van der Waals surface area contributed by atoms with Crippen molar-refractivity contribution < 1.29 is 14.7 Å². The fraction of sp³-hybridized carbons (Fsp3) is 0.286. The van der Waals surface area contributed by atoms with Gasteiger partial charge in [-0.15, -0.1) is 0 Å². The Morgan fingerprint density at radius 2 is 1.88 bits per heavy atom. The van der Waals surface area contributed by atoms with Crippen LogP contribution in [0.25, 0.3) is 10.9 Å². The molecule has 1 N–H and O–H groups in total. The van der Waals surface area contributed by atoms with E-state index in [-0.39, 0.29) is 16.9 Å². The fourth-order valence-corrected chi connectivity index (χ4v) is 3.42. The van der Waals surface area contributed by atoms with Gasteiger partial charge in [0.25, 0.3) is 0 Å². The van der Waals surface area contributed by atoms with Crippen molar-refractivity contribution in [2.75, 3.05) is 0 Å². The van der Waals surface area contributed by atoms with E-state index in [0.717, 1.165) is 42.4 Å². The molecule has 5 nitrogen and oxygen atoms in total. The number of fused-ring (bicyclic) bond motifs is 1. The molecule has 1 aromatic carbocycles. The first-order chi connectivity index (χ1) is 12.6. The Balaban J connectivity index is 2.15. The number of benzene rings is 1. The van der Waals surface area contributed by atoms with Gasteiger partial charge in [-0.05, 0) is 25.5 Å². The minimum Gasteiger partial charge on any atom is -0.478 e. The molecule has 0 saturated heterocycles. The highest BCUT2D eigenvalue weighted by Crippen LogP contribution is 2.29. The molecular formula is C21H22N2O3. The molecule has 0 aliphatic carbocycles. The number of hydrogen-bond acceptors (Lipinski definition) is 3. The molecule has 5 heteroatoms. The molecule has 0 bridgehead atoms. The number of carbonyl (C=O) groups excluding carboxylic acids is 1. The van der Waals surface area contributed by atoms with Gasteiger partial charge in [-0.1, -0.05) is 38.0 Å². The van der Waals surface area contributed by atoms with E-state index in [9.17, 15) is 14.7 Å². The Bertz CT molecular complexity index is 973. The summed E-state index contributed by atoms with van der Waals surface area (Å²) in [5.41, 5.74) is 2.54. The smallest absolute Gasteiger partial charge is 0.336 e. The summed E-state index contributed by atoms with van der Waals surface area (Å²) in [5, 5.41) is 10.3. The van der Waals surface area contributed by atoms with Gasteiger partial charge >= 0.3 is 5.97 Å². The Hall–Kier alpha value is -2.95. The van der Waals surface area contributed by atoms with Crippen LogP contribution in [0.1, 0.15) is 58.2 Å². The van der Waals surface area contributed by atoms with Crippen molar-refractivity contribution >= 4 is 22.7 Å². The van der Waals surface area contributed by atoms with Crippen LogP contribution in [0.5, 0.6) is 0 Å². The van der Waals surface area contributed by atoms with Crippen LogP contribution in [-0.4, -0.2) is 26.4 Å². The summed E-state index contributed by atoms with van der Waals surface area (Å²) in [6.45, 7) is 4.92. The molecule has 2 heterocycles. The second-order valence-electron chi connectivity index (χ2n) is 6.39. The van der Waals surface area contributed by atoms with Crippen LogP contribution in [0, 0.1) is 6.92 Å². The normalized spacial score (nSPS) is 11.0.